The second kappa shape index (κ2) is 7.39. The molecular weight excluding hydrogens is 365 g/mol. The fourth-order valence-electron chi connectivity index (χ4n) is 3.19. The number of fused-ring (bicyclic) bond motifs is 1. The number of benzene rings is 1. The highest BCUT2D eigenvalue weighted by molar-refractivity contribution is 5.97. The van der Waals surface area contributed by atoms with Crippen molar-refractivity contribution < 1.29 is 13.9 Å². The molecule has 3 aromatic rings. The summed E-state index contributed by atoms with van der Waals surface area (Å²) in [5.41, 5.74) is 7.90. The van der Waals surface area contributed by atoms with Crippen LogP contribution in [-0.2, 0) is 9.53 Å². The first-order chi connectivity index (χ1) is 13.5. The highest BCUT2D eigenvalue weighted by Crippen LogP contribution is 2.29. The van der Waals surface area contributed by atoms with Gasteiger partial charge in [0.2, 0.25) is 5.91 Å². The molecular formula is C18H20FN7O2. The van der Waals surface area contributed by atoms with Gasteiger partial charge in [0, 0.05) is 13.1 Å². The Morgan fingerprint density at radius 1 is 1.29 bits per heavy atom. The summed E-state index contributed by atoms with van der Waals surface area (Å²) in [7, 11) is 0. The van der Waals surface area contributed by atoms with E-state index in [1.165, 1.54) is 24.8 Å². The van der Waals surface area contributed by atoms with Crippen LogP contribution in [0.5, 0.6) is 0 Å². The van der Waals surface area contributed by atoms with E-state index in [1.807, 2.05) is 4.90 Å². The number of nitrogen functional groups attached to an aromatic ring is 1. The minimum atomic E-state index is -0.609. The molecule has 1 atom stereocenters. The lowest BCUT2D eigenvalue weighted by Crippen LogP contribution is -2.37. The van der Waals surface area contributed by atoms with Gasteiger partial charge in [-0.2, -0.15) is 0 Å². The lowest BCUT2D eigenvalue weighted by Gasteiger charge is -2.30. The molecule has 4 rings (SSSR count). The van der Waals surface area contributed by atoms with Gasteiger partial charge < -0.3 is 25.3 Å². The Kier molecular flexibility index (Phi) is 4.78. The molecule has 1 unspecified atom stereocenters. The lowest BCUT2D eigenvalue weighted by atomic mass is 10.2. The SMILES string of the molecule is CC(C(=O)Nc1ccc(F)cc1N1CCOCC1)n1cnc2c(N)ncnc21. The molecule has 10 heteroatoms. The Bertz CT molecular complexity index is 1020. The van der Waals surface area contributed by atoms with Crippen LogP contribution in [0, 0.1) is 5.82 Å². The molecule has 0 spiro atoms. The number of nitrogens with one attached hydrogen (secondary N) is 1. The van der Waals surface area contributed by atoms with Crippen molar-refractivity contribution in [3.8, 4) is 0 Å². The number of halogens is 1. The highest BCUT2D eigenvalue weighted by atomic mass is 19.1. The average molecular weight is 385 g/mol. The summed E-state index contributed by atoms with van der Waals surface area (Å²) in [5, 5.41) is 2.89. The fraction of sp³-hybridized carbons (Fsp3) is 0.333. The standard InChI is InChI=1S/C18H20FN7O2/c1-11(26-10-23-15-16(20)21-9-22-17(15)26)18(27)24-13-3-2-12(19)8-14(13)25-4-6-28-7-5-25/h2-3,8-11H,4-7H2,1H3,(H,24,27)(H2,20,21,22). The molecule has 9 nitrogen and oxygen atoms in total. The van der Waals surface area contributed by atoms with Crippen molar-refractivity contribution >= 4 is 34.3 Å². The topological polar surface area (TPSA) is 111 Å². The van der Waals surface area contributed by atoms with Crippen LogP contribution in [0.15, 0.2) is 30.9 Å². The van der Waals surface area contributed by atoms with E-state index in [0.29, 0.717) is 48.8 Å². The van der Waals surface area contributed by atoms with Crippen molar-refractivity contribution in [3.05, 3.63) is 36.7 Å². The molecule has 1 fully saturated rings. The number of ether oxygens (including phenoxy) is 1. The van der Waals surface area contributed by atoms with E-state index in [-0.39, 0.29) is 17.5 Å². The maximum absolute atomic E-state index is 13.8. The van der Waals surface area contributed by atoms with Crippen LogP contribution in [0.3, 0.4) is 0 Å². The Morgan fingerprint density at radius 3 is 2.86 bits per heavy atom. The van der Waals surface area contributed by atoms with E-state index < -0.39 is 6.04 Å². The van der Waals surface area contributed by atoms with Crippen LogP contribution in [0.4, 0.5) is 21.6 Å². The van der Waals surface area contributed by atoms with Crippen LogP contribution in [-0.4, -0.2) is 51.7 Å². The molecule has 2 aromatic heterocycles. The van der Waals surface area contributed by atoms with Crippen LogP contribution >= 0.6 is 0 Å². The van der Waals surface area contributed by atoms with Crippen molar-refractivity contribution in [1.82, 2.24) is 19.5 Å². The number of nitrogens with zero attached hydrogens (tertiary/aromatic N) is 5. The van der Waals surface area contributed by atoms with E-state index in [0.717, 1.165) is 0 Å². The third kappa shape index (κ3) is 3.33. The maximum atomic E-state index is 13.8. The third-order valence-electron chi connectivity index (χ3n) is 4.75. The zero-order valence-corrected chi connectivity index (χ0v) is 15.3. The van der Waals surface area contributed by atoms with E-state index in [1.54, 1.807) is 17.6 Å². The van der Waals surface area contributed by atoms with Gasteiger partial charge >= 0.3 is 0 Å². The minimum Gasteiger partial charge on any atom is -0.382 e. The molecule has 146 valence electrons. The van der Waals surface area contributed by atoms with Gasteiger partial charge in [-0.05, 0) is 25.1 Å². The second-order valence-corrected chi connectivity index (χ2v) is 6.51. The number of amides is 1. The smallest absolute Gasteiger partial charge is 0.247 e. The number of hydrogen-bond acceptors (Lipinski definition) is 7. The van der Waals surface area contributed by atoms with Crippen LogP contribution in [0.2, 0.25) is 0 Å². The quantitative estimate of drug-likeness (QED) is 0.701. The summed E-state index contributed by atoms with van der Waals surface area (Å²) in [6.07, 6.45) is 2.84. The molecule has 1 aromatic carbocycles. The summed E-state index contributed by atoms with van der Waals surface area (Å²) in [6.45, 7) is 4.10. The monoisotopic (exact) mass is 385 g/mol. The van der Waals surface area contributed by atoms with E-state index in [9.17, 15) is 9.18 Å². The van der Waals surface area contributed by atoms with Gasteiger partial charge in [0.1, 0.15) is 23.7 Å². The number of anilines is 3. The molecule has 3 heterocycles. The molecule has 1 aliphatic rings. The van der Waals surface area contributed by atoms with E-state index >= 15 is 0 Å². The number of nitrogens with two attached hydrogens (primary N) is 1. The summed E-state index contributed by atoms with van der Waals surface area (Å²) in [5.74, 6) is -0.387. The van der Waals surface area contributed by atoms with Gasteiger partial charge in [0.25, 0.3) is 0 Å². The summed E-state index contributed by atoms with van der Waals surface area (Å²) in [4.78, 5) is 27.2. The number of carbonyl (C=O) groups is 1. The zero-order valence-electron chi connectivity index (χ0n) is 15.3. The number of rotatable bonds is 4. The Balaban J connectivity index is 1.60. The molecule has 0 aliphatic carbocycles. The molecule has 28 heavy (non-hydrogen) atoms. The minimum absolute atomic E-state index is 0.254. The average Bonchev–Trinajstić information content (AvgIpc) is 3.15. The van der Waals surface area contributed by atoms with Crippen molar-refractivity contribution in [2.75, 3.05) is 42.3 Å². The number of carbonyl (C=O) groups excluding carboxylic acids is 1. The summed E-state index contributed by atoms with van der Waals surface area (Å²) >= 11 is 0. The second-order valence-electron chi connectivity index (χ2n) is 6.51. The van der Waals surface area contributed by atoms with Crippen molar-refractivity contribution in [2.24, 2.45) is 0 Å². The van der Waals surface area contributed by atoms with Crippen LogP contribution < -0.4 is 16.0 Å². The molecule has 1 amide bonds. The fourth-order valence-corrected chi connectivity index (χ4v) is 3.19. The Hall–Kier alpha value is -3.27. The lowest BCUT2D eigenvalue weighted by molar-refractivity contribution is -0.118. The molecule has 0 bridgehead atoms. The number of aromatic nitrogens is 4. The largest absolute Gasteiger partial charge is 0.382 e. The molecule has 1 aliphatic heterocycles. The Morgan fingerprint density at radius 2 is 2.07 bits per heavy atom. The number of morpholine rings is 1. The predicted molar refractivity (Wildman–Crippen MR) is 103 cm³/mol. The first kappa shape index (κ1) is 18.1. The third-order valence-corrected chi connectivity index (χ3v) is 4.75. The van der Waals surface area contributed by atoms with E-state index in [4.69, 9.17) is 10.5 Å². The normalized spacial score (nSPS) is 15.6. The van der Waals surface area contributed by atoms with Gasteiger partial charge in [-0.3, -0.25) is 4.79 Å². The summed E-state index contributed by atoms with van der Waals surface area (Å²) < 4.78 is 20.8. The zero-order chi connectivity index (χ0) is 19.7. The molecule has 3 N–H and O–H groups in total. The number of imidazole rings is 1. The van der Waals surface area contributed by atoms with Gasteiger partial charge in [0.05, 0.1) is 30.9 Å². The number of hydrogen-bond donors (Lipinski definition) is 2. The van der Waals surface area contributed by atoms with Gasteiger partial charge in [-0.25, -0.2) is 19.3 Å². The molecule has 0 saturated carbocycles. The van der Waals surface area contributed by atoms with E-state index in [2.05, 4.69) is 20.3 Å². The van der Waals surface area contributed by atoms with Gasteiger partial charge in [-0.1, -0.05) is 0 Å². The molecule has 1 saturated heterocycles. The van der Waals surface area contributed by atoms with Crippen LogP contribution in [0.25, 0.3) is 11.2 Å². The van der Waals surface area contributed by atoms with Crippen molar-refractivity contribution in [1.29, 1.82) is 0 Å². The van der Waals surface area contributed by atoms with Crippen LogP contribution in [0.1, 0.15) is 13.0 Å². The first-order valence-corrected chi connectivity index (χ1v) is 8.90. The van der Waals surface area contributed by atoms with Gasteiger partial charge in [0.15, 0.2) is 11.5 Å². The highest BCUT2D eigenvalue weighted by Gasteiger charge is 2.22. The first-order valence-electron chi connectivity index (χ1n) is 8.90. The summed E-state index contributed by atoms with van der Waals surface area (Å²) in [6, 6.07) is 3.70. The van der Waals surface area contributed by atoms with Crippen molar-refractivity contribution in [3.63, 3.8) is 0 Å². The molecule has 0 radical (unpaired) electrons. The maximum Gasteiger partial charge on any atom is 0.247 e. The predicted octanol–water partition coefficient (Wildman–Crippen LogP) is 1.58. The van der Waals surface area contributed by atoms with Gasteiger partial charge in [-0.15, -0.1) is 0 Å². The van der Waals surface area contributed by atoms with Crippen molar-refractivity contribution in [2.45, 2.75) is 13.0 Å². The Labute approximate surface area is 160 Å².